The molecule has 6 nitrogen and oxygen atoms in total. The summed E-state index contributed by atoms with van der Waals surface area (Å²) in [5.74, 6) is 0.754. The second-order valence-corrected chi connectivity index (χ2v) is 7.34. The summed E-state index contributed by atoms with van der Waals surface area (Å²) in [5.41, 5.74) is 3.18. The number of thioether (sulfide) groups is 1. The van der Waals surface area contributed by atoms with Crippen LogP contribution in [0, 0.1) is 5.92 Å². The van der Waals surface area contributed by atoms with Gasteiger partial charge in [0.15, 0.2) is 0 Å². The summed E-state index contributed by atoms with van der Waals surface area (Å²) >= 11 is 1.51. The van der Waals surface area contributed by atoms with E-state index in [0.29, 0.717) is 17.5 Å². The molecule has 2 aromatic rings. The predicted octanol–water partition coefficient (Wildman–Crippen LogP) is 2.94. The topological polar surface area (TPSA) is 63.1 Å². The number of nitrogens with zero attached hydrogens (tertiary/aromatic N) is 4. The zero-order chi connectivity index (χ0) is 17.6. The van der Waals surface area contributed by atoms with Crippen molar-refractivity contribution in [2.75, 3.05) is 30.6 Å². The molecule has 0 saturated carbocycles. The molecule has 1 aromatic carbocycles. The molecule has 0 fully saturated rings. The lowest BCUT2D eigenvalue weighted by molar-refractivity contribution is -0.123. The molecule has 130 valence electrons. The molecule has 0 radical (unpaired) electrons. The fourth-order valence-corrected chi connectivity index (χ4v) is 3.89. The number of ketones is 1. The summed E-state index contributed by atoms with van der Waals surface area (Å²) in [6.07, 6.45) is 5.46. The number of aromatic nitrogens is 3. The summed E-state index contributed by atoms with van der Waals surface area (Å²) in [7, 11) is 4.04. The number of fused-ring (bicyclic) bond motifs is 2. The molecule has 7 heteroatoms. The molecule has 2 aliphatic rings. The van der Waals surface area contributed by atoms with E-state index in [9.17, 15) is 4.79 Å². The number of Topliss-reactive ketones (excluding diaryl/α,β-unsaturated/α-hetero) is 1. The van der Waals surface area contributed by atoms with Crippen LogP contribution in [0.5, 0.6) is 0 Å². The normalized spacial score (nSPS) is 21.9. The van der Waals surface area contributed by atoms with Gasteiger partial charge in [-0.1, -0.05) is 30.0 Å². The Kier molecular flexibility index (Phi) is 4.03. The fourth-order valence-electron chi connectivity index (χ4n) is 3.54. The highest BCUT2D eigenvalue weighted by Crippen LogP contribution is 2.42. The van der Waals surface area contributed by atoms with Gasteiger partial charge in [-0.05, 0) is 30.4 Å². The van der Waals surface area contributed by atoms with Crippen LogP contribution >= 0.6 is 11.8 Å². The van der Waals surface area contributed by atoms with E-state index in [1.807, 2.05) is 25.0 Å². The van der Waals surface area contributed by atoms with E-state index in [2.05, 4.69) is 50.6 Å². The molecule has 0 bridgehead atoms. The van der Waals surface area contributed by atoms with Crippen LogP contribution in [-0.2, 0) is 4.79 Å². The van der Waals surface area contributed by atoms with Gasteiger partial charge in [0.1, 0.15) is 5.78 Å². The summed E-state index contributed by atoms with van der Waals surface area (Å²) in [6, 6.07) is 8.20. The van der Waals surface area contributed by atoms with Gasteiger partial charge in [0, 0.05) is 31.9 Å². The summed E-state index contributed by atoms with van der Waals surface area (Å²) < 4.78 is 1.88. The first-order valence-corrected chi connectivity index (χ1v) is 9.58. The van der Waals surface area contributed by atoms with Gasteiger partial charge in [-0.2, -0.15) is 4.98 Å². The maximum Gasteiger partial charge on any atom is 0.227 e. The Bertz CT molecular complexity index is 840. The van der Waals surface area contributed by atoms with E-state index in [1.165, 1.54) is 11.8 Å². The lowest BCUT2D eigenvalue weighted by Crippen LogP contribution is -2.38. The van der Waals surface area contributed by atoms with Gasteiger partial charge in [-0.3, -0.25) is 4.79 Å². The maximum absolute atomic E-state index is 12.7. The maximum atomic E-state index is 12.7. The van der Waals surface area contributed by atoms with Crippen LogP contribution in [0.1, 0.15) is 24.4 Å². The number of hydrogen-bond donors (Lipinski definition) is 1. The average molecular weight is 355 g/mol. The zero-order valence-electron chi connectivity index (χ0n) is 14.6. The minimum absolute atomic E-state index is 0.153. The van der Waals surface area contributed by atoms with Crippen LogP contribution in [-0.4, -0.2) is 40.9 Å². The van der Waals surface area contributed by atoms with Crippen LogP contribution < -0.4 is 10.2 Å². The highest BCUT2D eigenvalue weighted by atomic mass is 32.2. The molecule has 25 heavy (non-hydrogen) atoms. The van der Waals surface area contributed by atoms with Gasteiger partial charge in [0.05, 0.1) is 12.0 Å². The van der Waals surface area contributed by atoms with Crippen molar-refractivity contribution in [3.8, 4) is 0 Å². The molecule has 2 heterocycles. The number of rotatable bonds is 3. The number of hydrogen-bond acceptors (Lipinski definition) is 6. The Morgan fingerprint density at radius 1 is 1.28 bits per heavy atom. The molecule has 2 atom stereocenters. The molecule has 0 unspecified atom stereocenters. The number of benzene rings is 1. The van der Waals surface area contributed by atoms with E-state index in [-0.39, 0.29) is 17.7 Å². The third-order valence-electron chi connectivity index (χ3n) is 4.82. The van der Waals surface area contributed by atoms with Crippen molar-refractivity contribution in [3.05, 3.63) is 41.6 Å². The van der Waals surface area contributed by atoms with E-state index < -0.39 is 0 Å². The quantitative estimate of drug-likeness (QED) is 0.854. The molecule has 1 aromatic heterocycles. The predicted molar refractivity (Wildman–Crippen MR) is 100 cm³/mol. The molecule has 0 saturated heterocycles. The van der Waals surface area contributed by atoms with Gasteiger partial charge in [-0.15, -0.1) is 5.10 Å². The van der Waals surface area contributed by atoms with Crippen molar-refractivity contribution in [1.82, 2.24) is 14.8 Å². The first-order chi connectivity index (χ1) is 12.1. The summed E-state index contributed by atoms with van der Waals surface area (Å²) in [4.78, 5) is 19.3. The van der Waals surface area contributed by atoms with Crippen molar-refractivity contribution in [2.45, 2.75) is 24.0 Å². The first kappa shape index (κ1) is 16.2. The zero-order valence-corrected chi connectivity index (χ0v) is 15.4. The van der Waals surface area contributed by atoms with E-state index in [1.54, 1.807) is 0 Å². The number of carbonyl (C=O) groups excluding carboxylic acids is 1. The Morgan fingerprint density at radius 2 is 2.04 bits per heavy atom. The SMILES string of the molecule is CSc1nc2n(n1)[C@@H](c1ccc(N(C)C)cc1)[C@@H]1C(=O)CCC=C1N2. The highest BCUT2D eigenvalue weighted by Gasteiger charge is 2.41. The molecule has 1 aliphatic carbocycles. The van der Waals surface area contributed by atoms with Gasteiger partial charge < -0.3 is 10.2 Å². The van der Waals surface area contributed by atoms with Gasteiger partial charge in [0.2, 0.25) is 11.1 Å². The lowest BCUT2D eigenvalue weighted by Gasteiger charge is -2.36. The molecular formula is C18H21N5OS. The smallest absolute Gasteiger partial charge is 0.227 e. The van der Waals surface area contributed by atoms with Crippen LogP contribution in [0.3, 0.4) is 0 Å². The number of anilines is 2. The largest absolute Gasteiger partial charge is 0.378 e. The molecule has 4 rings (SSSR count). The van der Waals surface area contributed by atoms with Gasteiger partial charge in [0.25, 0.3) is 0 Å². The van der Waals surface area contributed by atoms with Crippen LogP contribution in [0.2, 0.25) is 0 Å². The minimum Gasteiger partial charge on any atom is -0.378 e. The molecule has 0 amide bonds. The van der Waals surface area contributed by atoms with Crippen LogP contribution in [0.25, 0.3) is 0 Å². The average Bonchev–Trinajstić information content (AvgIpc) is 3.03. The van der Waals surface area contributed by atoms with Crippen molar-refractivity contribution in [1.29, 1.82) is 0 Å². The van der Waals surface area contributed by atoms with Crippen molar-refractivity contribution < 1.29 is 4.79 Å². The Hall–Kier alpha value is -2.28. The monoisotopic (exact) mass is 355 g/mol. The molecule has 0 spiro atoms. The third-order valence-corrected chi connectivity index (χ3v) is 5.36. The van der Waals surface area contributed by atoms with Crippen molar-refractivity contribution in [3.63, 3.8) is 0 Å². The highest BCUT2D eigenvalue weighted by molar-refractivity contribution is 7.98. The van der Waals surface area contributed by atoms with E-state index >= 15 is 0 Å². The Morgan fingerprint density at radius 3 is 2.72 bits per heavy atom. The van der Waals surface area contributed by atoms with E-state index in [4.69, 9.17) is 0 Å². The van der Waals surface area contributed by atoms with Crippen molar-refractivity contribution in [2.24, 2.45) is 5.92 Å². The number of carbonyl (C=O) groups is 1. The van der Waals surface area contributed by atoms with Gasteiger partial charge in [-0.25, -0.2) is 4.68 Å². The fraction of sp³-hybridized carbons (Fsp3) is 0.389. The first-order valence-electron chi connectivity index (χ1n) is 8.36. The summed E-state index contributed by atoms with van der Waals surface area (Å²) in [5, 5.41) is 8.66. The van der Waals surface area contributed by atoms with Gasteiger partial charge >= 0.3 is 0 Å². The third kappa shape index (κ3) is 2.72. The lowest BCUT2D eigenvalue weighted by atomic mass is 9.81. The molecule has 1 aliphatic heterocycles. The molecular weight excluding hydrogens is 334 g/mol. The minimum atomic E-state index is -0.220. The Labute approximate surface area is 151 Å². The van der Waals surface area contributed by atoms with Crippen molar-refractivity contribution >= 4 is 29.2 Å². The van der Waals surface area contributed by atoms with Crippen LogP contribution in [0.15, 0.2) is 41.2 Å². The standard InChI is InChI=1S/C18H21N5OS/c1-22(2)12-9-7-11(8-10-12)16-15-13(5-4-6-14(15)24)19-17-20-18(25-3)21-23(16)17/h5,7-10,15-16H,4,6H2,1-3H3,(H,19,20,21)/t15-,16-/m0/s1. The number of nitrogens with one attached hydrogen (secondary N) is 1. The Balaban J connectivity index is 1.84. The van der Waals surface area contributed by atoms with E-state index in [0.717, 1.165) is 23.4 Å². The number of allylic oxidation sites excluding steroid dienone is 2. The second kappa shape index (κ2) is 6.22. The second-order valence-electron chi connectivity index (χ2n) is 6.56. The van der Waals surface area contributed by atoms with Crippen LogP contribution in [0.4, 0.5) is 11.6 Å². The molecule has 1 N–H and O–H groups in total. The summed E-state index contributed by atoms with van der Waals surface area (Å²) in [6.45, 7) is 0.